The van der Waals surface area contributed by atoms with Gasteiger partial charge in [-0.15, -0.1) is 0 Å². The van der Waals surface area contributed by atoms with Crippen molar-refractivity contribution >= 4 is 11.7 Å². The lowest BCUT2D eigenvalue weighted by molar-refractivity contribution is -0.0549. The molecule has 1 fully saturated rings. The van der Waals surface area contributed by atoms with Crippen LogP contribution in [0.4, 0.5) is 5.82 Å². The number of aliphatic hydroxyl groups excluding tert-OH is 3. The van der Waals surface area contributed by atoms with Gasteiger partial charge in [-0.3, -0.25) is 9.36 Å². The van der Waals surface area contributed by atoms with E-state index in [2.05, 4.69) is 10.3 Å². The van der Waals surface area contributed by atoms with Crippen molar-refractivity contribution in [3.8, 4) is 0 Å². The second kappa shape index (κ2) is 7.34. The number of aromatic nitrogens is 2. The van der Waals surface area contributed by atoms with Crippen molar-refractivity contribution in [2.75, 3.05) is 11.9 Å². The van der Waals surface area contributed by atoms with Crippen LogP contribution < -0.4 is 11.0 Å². The van der Waals surface area contributed by atoms with Crippen molar-refractivity contribution in [1.82, 2.24) is 9.55 Å². The first-order valence-electron chi connectivity index (χ1n) is 8.00. The third-order valence-corrected chi connectivity index (χ3v) is 4.18. The number of nitrogens with zero attached hydrogens (tertiary/aromatic N) is 2. The van der Waals surface area contributed by atoms with Gasteiger partial charge in [0.25, 0.3) is 5.91 Å². The summed E-state index contributed by atoms with van der Waals surface area (Å²) in [5.74, 6) is -0.369. The fraction of sp³-hybridized carbons (Fsp3) is 0.353. The van der Waals surface area contributed by atoms with Crippen LogP contribution in [0.5, 0.6) is 0 Å². The predicted octanol–water partition coefficient (Wildman–Crippen LogP) is -0.584. The van der Waals surface area contributed by atoms with Gasteiger partial charge in [0, 0.05) is 11.8 Å². The molecule has 1 aromatic heterocycles. The summed E-state index contributed by atoms with van der Waals surface area (Å²) in [6, 6.07) is 8.28. The lowest BCUT2D eigenvalue weighted by atomic mass is 10.1. The minimum absolute atomic E-state index is 0.0450. The number of aliphatic hydroxyl groups is 3. The number of nitrogens with one attached hydrogen (secondary N) is 1. The van der Waals surface area contributed by atoms with E-state index < -0.39 is 42.7 Å². The van der Waals surface area contributed by atoms with Gasteiger partial charge in [-0.05, 0) is 25.1 Å². The maximum atomic E-state index is 12.2. The Hall–Kier alpha value is -2.59. The summed E-state index contributed by atoms with van der Waals surface area (Å²) >= 11 is 0. The number of carbonyl (C=O) groups is 1. The molecule has 0 saturated carbocycles. The van der Waals surface area contributed by atoms with E-state index in [1.807, 2.05) is 6.92 Å². The van der Waals surface area contributed by atoms with Gasteiger partial charge >= 0.3 is 5.69 Å². The molecular weight excluding hydrogens is 342 g/mol. The van der Waals surface area contributed by atoms with Crippen LogP contribution in [0.1, 0.15) is 22.1 Å². The molecule has 138 valence electrons. The Kier molecular flexibility index (Phi) is 5.14. The van der Waals surface area contributed by atoms with Gasteiger partial charge in [-0.25, -0.2) is 4.79 Å². The van der Waals surface area contributed by atoms with Crippen molar-refractivity contribution in [2.45, 2.75) is 31.5 Å². The third kappa shape index (κ3) is 3.51. The van der Waals surface area contributed by atoms with Crippen LogP contribution in [0, 0.1) is 6.92 Å². The zero-order valence-electron chi connectivity index (χ0n) is 13.9. The zero-order chi connectivity index (χ0) is 18.8. The molecule has 1 aromatic carbocycles. The second-order valence-electron chi connectivity index (χ2n) is 6.05. The van der Waals surface area contributed by atoms with Gasteiger partial charge < -0.3 is 25.4 Å². The molecule has 0 spiro atoms. The van der Waals surface area contributed by atoms with Gasteiger partial charge in [0.2, 0.25) is 0 Å². The molecule has 4 atom stereocenters. The summed E-state index contributed by atoms with van der Waals surface area (Å²) in [4.78, 5) is 28.1. The third-order valence-electron chi connectivity index (χ3n) is 4.18. The van der Waals surface area contributed by atoms with Gasteiger partial charge in [-0.1, -0.05) is 17.7 Å². The highest BCUT2D eigenvalue weighted by Crippen LogP contribution is 2.28. The van der Waals surface area contributed by atoms with E-state index in [0.29, 0.717) is 5.56 Å². The van der Waals surface area contributed by atoms with Crippen molar-refractivity contribution in [3.05, 3.63) is 58.1 Å². The molecule has 9 nitrogen and oxygen atoms in total. The summed E-state index contributed by atoms with van der Waals surface area (Å²) in [5.41, 5.74) is 0.660. The molecule has 0 bridgehead atoms. The van der Waals surface area contributed by atoms with Crippen LogP contribution in [0.3, 0.4) is 0 Å². The Morgan fingerprint density at radius 3 is 2.50 bits per heavy atom. The zero-order valence-corrected chi connectivity index (χ0v) is 13.9. The Morgan fingerprint density at radius 2 is 1.92 bits per heavy atom. The summed E-state index contributed by atoms with van der Waals surface area (Å²) in [6.07, 6.45) is -3.59. The monoisotopic (exact) mass is 361 g/mol. The summed E-state index contributed by atoms with van der Waals surface area (Å²) < 4.78 is 6.28. The van der Waals surface area contributed by atoms with E-state index in [1.54, 1.807) is 24.3 Å². The number of anilines is 1. The first kappa shape index (κ1) is 18.2. The smallest absolute Gasteiger partial charge is 0.351 e. The van der Waals surface area contributed by atoms with Crippen LogP contribution in [0.15, 0.2) is 41.3 Å². The number of ether oxygens (including phenoxy) is 1. The molecule has 1 saturated heterocycles. The van der Waals surface area contributed by atoms with Crippen LogP contribution in [-0.2, 0) is 4.74 Å². The molecule has 26 heavy (non-hydrogen) atoms. The number of hydrogen-bond donors (Lipinski definition) is 4. The van der Waals surface area contributed by atoms with E-state index in [-0.39, 0.29) is 5.82 Å². The first-order chi connectivity index (χ1) is 12.4. The molecule has 1 amide bonds. The quantitative estimate of drug-likeness (QED) is 0.572. The topological polar surface area (TPSA) is 134 Å². The molecule has 2 aromatic rings. The molecule has 3 rings (SSSR count). The average Bonchev–Trinajstić information content (AvgIpc) is 2.90. The molecule has 9 heteroatoms. The molecule has 1 aliphatic heterocycles. The second-order valence-corrected chi connectivity index (χ2v) is 6.05. The molecule has 0 radical (unpaired) electrons. The van der Waals surface area contributed by atoms with E-state index in [9.17, 15) is 19.8 Å². The Balaban J connectivity index is 1.77. The molecule has 2 heterocycles. The molecule has 0 aliphatic carbocycles. The summed E-state index contributed by atoms with van der Waals surface area (Å²) in [6.45, 7) is 1.41. The molecule has 4 N–H and O–H groups in total. The fourth-order valence-electron chi connectivity index (χ4n) is 2.68. The SMILES string of the molecule is Cc1ccc(C(=O)Nc2ccn([C@@H]3O[C@@H](CO)[C@@H](O)[C@H]3O)c(=O)n2)cc1. The highest BCUT2D eigenvalue weighted by Gasteiger charge is 2.43. The van der Waals surface area contributed by atoms with Crippen LogP contribution >= 0.6 is 0 Å². The van der Waals surface area contributed by atoms with Crippen molar-refractivity contribution in [1.29, 1.82) is 0 Å². The van der Waals surface area contributed by atoms with E-state index in [1.165, 1.54) is 12.3 Å². The first-order valence-corrected chi connectivity index (χ1v) is 8.00. The van der Waals surface area contributed by atoms with Gasteiger partial charge in [0.1, 0.15) is 24.1 Å². The highest BCUT2D eigenvalue weighted by atomic mass is 16.6. The fourth-order valence-corrected chi connectivity index (χ4v) is 2.68. The summed E-state index contributed by atoms with van der Waals surface area (Å²) in [5, 5.41) is 31.4. The maximum Gasteiger partial charge on any atom is 0.351 e. The lowest BCUT2D eigenvalue weighted by Crippen LogP contribution is -2.36. The number of benzene rings is 1. The Bertz CT molecular complexity index is 850. The van der Waals surface area contributed by atoms with Crippen LogP contribution in [-0.4, -0.2) is 55.7 Å². The van der Waals surface area contributed by atoms with Crippen LogP contribution in [0.2, 0.25) is 0 Å². The largest absolute Gasteiger partial charge is 0.394 e. The minimum Gasteiger partial charge on any atom is -0.394 e. The molecule has 1 aliphatic rings. The van der Waals surface area contributed by atoms with E-state index in [0.717, 1.165) is 10.1 Å². The van der Waals surface area contributed by atoms with E-state index >= 15 is 0 Å². The van der Waals surface area contributed by atoms with Crippen molar-refractivity contribution in [3.63, 3.8) is 0 Å². The number of aryl methyl sites for hydroxylation is 1. The number of rotatable bonds is 4. The maximum absolute atomic E-state index is 12.2. The van der Waals surface area contributed by atoms with Gasteiger partial charge in [0.15, 0.2) is 6.23 Å². The number of amides is 1. The van der Waals surface area contributed by atoms with E-state index in [4.69, 9.17) is 9.84 Å². The van der Waals surface area contributed by atoms with Crippen molar-refractivity contribution < 1.29 is 24.9 Å². The standard InChI is InChI=1S/C17H19N3O6/c1-9-2-4-10(5-3-9)15(24)18-12-6-7-20(17(25)19-12)16-14(23)13(22)11(8-21)26-16/h2-7,11,13-14,16,21-23H,8H2,1H3,(H,18,19,24,25)/t11-,13+,14+,16+/m0/s1. The van der Waals surface area contributed by atoms with Gasteiger partial charge in [-0.2, -0.15) is 4.98 Å². The normalized spacial score (nSPS) is 25.2. The van der Waals surface area contributed by atoms with Crippen LogP contribution in [0.25, 0.3) is 0 Å². The predicted molar refractivity (Wildman–Crippen MR) is 90.6 cm³/mol. The minimum atomic E-state index is -1.39. The van der Waals surface area contributed by atoms with Crippen molar-refractivity contribution in [2.24, 2.45) is 0 Å². The number of carbonyl (C=O) groups excluding carboxylic acids is 1. The molecular formula is C17H19N3O6. The average molecular weight is 361 g/mol. The Labute approximate surface area is 148 Å². The lowest BCUT2D eigenvalue weighted by Gasteiger charge is -2.17. The highest BCUT2D eigenvalue weighted by molar-refractivity contribution is 6.03. The van der Waals surface area contributed by atoms with Gasteiger partial charge in [0.05, 0.1) is 6.61 Å². The molecule has 0 unspecified atom stereocenters. The summed E-state index contributed by atoms with van der Waals surface area (Å²) in [7, 11) is 0. The Morgan fingerprint density at radius 1 is 1.23 bits per heavy atom. The number of hydrogen-bond acceptors (Lipinski definition) is 7.